The fourth-order valence-electron chi connectivity index (χ4n) is 1.60. The highest BCUT2D eigenvalue weighted by Gasteiger charge is 2.11. The molecule has 1 aromatic heterocycles. The van der Waals surface area contributed by atoms with Crippen LogP contribution in [0.4, 0.5) is 4.39 Å². The molecule has 2 aromatic rings. The molecule has 3 nitrogen and oxygen atoms in total. The SMILES string of the molecule is Cc1nc(C(C)N)c2cccc(F)c2n1. The van der Waals surface area contributed by atoms with Gasteiger partial charge in [-0.15, -0.1) is 0 Å². The number of aromatic nitrogens is 2. The van der Waals surface area contributed by atoms with E-state index in [2.05, 4.69) is 9.97 Å². The average molecular weight is 205 g/mol. The van der Waals surface area contributed by atoms with E-state index >= 15 is 0 Å². The number of benzene rings is 1. The van der Waals surface area contributed by atoms with E-state index in [4.69, 9.17) is 5.73 Å². The van der Waals surface area contributed by atoms with E-state index in [1.54, 1.807) is 19.1 Å². The standard InChI is InChI=1S/C11H12FN3/c1-6(13)10-8-4-3-5-9(12)11(8)15-7(2)14-10/h3-6H,13H2,1-2H3. The summed E-state index contributed by atoms with van der Waals surface area (Å²) in [5, 5.41) is 0.690. The van der Waals surface area contributed by atoms with E-state index in [0.717, 1.165) is 0 Å². The molecule has 15 heavy (non-hydrogen) atoms. The van der Waals surface area contributed by atoms with Crippen LogP contribution in [-0.2, 0) is 0 Å². The lowest BCUT2D eigenvalue weighted by Crippen LogP contribution is -2.10. The summed E-state index contributed by atoms with van der Waals surface area (Å²) in [5.74, 6) is 0.208. The molecule has 1 heterocycles. The normalized spacial score (nSPS) is 13.1. The Labute approximate surface area is 87.2 Å². The van der Waals surface area contributed by atoms with E-state index in [-0.39, 0.29) is 11.9 Å². The molecule has 1 aromatic carbocycles. The monoisotopic (exact) mass is 205 g/mol. The van der Waals surface area contributed by atoms with Crippen LogP contribution in [0.1, 0.15) is 24.5 Å². The minimum Gasteiger partial charge on any atom is -0.323 e. The zero-order valence-electron chi connectivity index (χ0n) is 8.66. The summed E-state index contributed by atoms with van der Waals surface area (Å²) in [6, 6.07) is 4.59. The lowest BCUT2D eigenvalue weighted by molar-refractivity contribution is 0.635. The molecule has 0 saturated heterocycles. The first-order valence-electron chi connectivity index (χ1n) is 4.78. The van der Waals surface area contributed by atoms with Crippen LogP contribution in [-0.4, -0.2) is 9.97 Å². The second-order valence-electron chi connectivity index (χ2n) is 3.58. The highest BCUT2D eigenvalue weighted by molar-refractivity contribution is 5.81. The predicted octanol–water partition coefficient (Wildman–Crippen LogP) is 2.10. The van der Waals surface area contributed by atoms with Gasteiger partial charge < -0.3 is 5.73 Å². The summed E-state index contributed by atoms with van der Waals surface area (Å²) in [6.07, 6.45) is 0. The Kier molecular flexibility index (Phi) is 2.36. The molecule has 78 valence electrons. The topological polar surface area (TPSA) is 51.8 Å². The Morgan fingerprint density at radius 3 is 2.73 bits per heavy atom. The molecule has 1 unspecified atom stereocenters. The first kappa shape index (κ1) is 9.98. The zero-order valence-corrected chi connectivity index (χ0v) is 8.66. The highest BCUT2D eigenvalue weighted by atomic mass is 19.1. The van der Waals surface area contributed by atoms with Crippen LogP contribution in [0.3, 0.4) is 0 Å². The van der Waals surface area contributed by atoms with Crippen LogP contribution in [0.5, 0.6) is 0 Å². The van der Waals surface area contributed by atoms with Gasteiger partial charge in [-0.1, -0.05) is 12.1 Å². The summed E-state index contributed by atoms with van der Waals surface area (Å²) in [4.78, 5) is 8.32. The van der Waals surface area contributed by atoms with Crippen LogP contribution in [0.15, 0.2) is 18.2 Å². The lowest BCUT2D eigenvalue weighted by Gasteiger charge is -2.09. The molecule has 0 aliphatic rings. The van der Waals surface area contributed by atoms with Gasteiger partial charge in [0, 0.05) is 11.4 Å². The van der Waals surface area contributed by atoms with Crippen LogP contribution >= 0.6 is 0 Å². The molecule has 0 bridgehead atoms. The first-order valence-corrected chi connectivity index (χ1v) is 4.78. The lowest BCUT2D eigenvalue weighted by atomic mass is 10.1. The van der Waals surface area contributed by atoms with Gasteiger partial charge in [-0.2, -0.15) is 0 Å². The summed E-state index contributed by atoms with van der Waals surface area (Å²) < 4.78 is 13.5. The summed E-state index contributed by atoms with van der Waals surface area (Å²) >= 11 is 0. The van der Waals surface area contributed by atoms with E-state index in [0.29, 0.717) is 22.4 Å². The Bertz CT molecular complexity index is 508. The number of aryl methyl sites for hydroxylation is 1. The Morgan fingerprint density at radius 2 is 2.07 bits per heavy atom. The van der Waals surface area contributed by atoms with Crippen LogP contribution in [0, 0.1) is 12.7 Å². The van der Waals surface area contributed by atoms with Crippen molar-refractivity contribution in [1.82, 2.24) is 9.97 Å². The molecule has 0 aliphatic heterocycles. The van der Waals surface area contributed by atoms with Crippen molar-refractivity contribution in [3.8, 4) is 0 Å². The molecule has 1 atom stereocenters. The second-order valence-corrected chi connectivity index (χ2v) is 3.58. The van der Waals surface area contributed by atoms with Gasteiger partial charge in [-0.3, -0.25) is 0 Å². The third-order valence-electron chi connectivity index (χ3n) is 2.25. The van der Waals surface area contributed by atoms with Gasteiger partial charge in [0.1, 0.15) is 17.2 Å². The number of hydrogen-bond acceptors (Lipinski definition) is 3. The summed E-state index contributed by atoms with van der Waals surface area (Å²) in [5.41, 5.74) is 6.82. The molecular weight excluding hydrogens is 193 g/mol. The fourth-order valence-corrected chi connectivity index (χ4v) is 1.60. The number of hydrogen-bond donors (Lipinski definition) is 1. The van der Waals surface area contributed by atoms with Crippen LogP contribution in [0.25, 0.3) is 10.9 Å². The van der Waals surface area contributed by atoms with E-state index in [1.165, 1.54) is 6.07 Å². The molecule has 0 radical (unpaired) electrons. The third kappa shape index (κ3) is 1.68. The maximum atomic E-state index is 13.5. The van der Waals surface area contributed by atoms with Crippen molar-refractivity contribution < 1.29 is 4.39 Å². The van der Waals surface area contributed by atoms with Gasteiger partial charge in [-0.05, 0) is 19.9 Å². The molecule has 0 amide bonds. The molecule has 0 saturated carbocycles. The van der Waals surface area contributed by atoms with Gasteiger partial charge in [0.05, 0.1) is 5.69 Å². The van der Waals surface area contributed by atoms with Gasteiger partial charge in [0.25, 0.3) is 0 Å². The molecule has 4 heteroatoms. The van der Waals surface area contributed by atoms with Crippen molar-refractivity contribution in [2.24, 2.45) is 5.73 Å². The predicted molar refractivity (Wildman–Crippen MR) is 56.8 cm³/mol. The Balaban J connectivity index is 2.86. The first-order chi connectivity index (χ1) is 7.09. The van der Waals surface area contributed by atoms with Crippen LogP contribution in [0.2, 0.25) is 0 Å². The summed E-state index contributed by atoms with van der Waals surface area (Å²) in [6.45, 7) is 3.56. The number of rotatable bonds is 1. The van der Waals surface area contributed by atoms with Gasteiger partial charge in [-0.25, -0.2) is 14.4 Å². The average Bonchev–Trinajstić information content (AvgIpc) is 2.18. The molecule has 0 fully saturated rings. The fraction of sp³-hybridized carbons (Fsp3) is 0.273. The van der Waals surface area contributed by atoms with E-state index in [9.17, 15) is 4.39 Å². The number of nitrogens with zero attached hydrogens (tertiary/aromatic N) is 2. The van der Waals surface area contributed by atoms with Crippen molar-refractivity contribution in [2.75, 3.05) is 0 Å². The molecule has 2 N–H and O–H groups in total. The van der Waals surface area contributed by atoms with E-state index < -0.39 is 0 Å². The largest absolute Gasteiger partial charge is 0.323 e. The number of nitrogens with two attached hydrogens (primary N) is 1. The minimum absolute atomic E-state index is 0.226. The van der Waals surface area contributed by atoms with Gasteiger partial charge >= 0.3 is 0 Å². The molecule has 0 aliphatic carbocycles. The molecular formula is C11H12FN3. The van der Waals surface area contributed by atoms with E-state index in [1.807, 2.05) is 6.92 Å². The maximum absolute atomic E-state index is 13.5. The quantitative estimate of drug-likeness (QED) is 0.775. The van der Waals surface area contributed by atoms with Crippen molar-refractivity contribution in [3.05, 3.63) is 35.5 Å². The summed E-state index contributed by atoms with van der Waals surface area (Å²) in [7, 11) is 0. The van der Waals surface area contributed by atoms with Gasteiger partial charge in [0.15, 0.2) is 0 Å². The molecule has 0 spiro atoms. The van der Waals surface area contributed by atoms with Gasteiger partial charge in [0.2, 0.25) is 0 Å². The van der Waals surface area contributed by atoms with Crippen LogP contribution < -0.4 is 5.73 Å². The second kappa shape index (κ2) is 3.55. The van der Waals surface area contributed by atoms with Crippen molar-refractivity contribution in [1.29, 1.82) is 0 Å². The smallest absolute Gasteiger partial charge is 0.149 e. The number of fused-ring (bicyclic) bond motifs is 1. The number of para-hydroxylation sites is 1. The van der Waals surface area contributed by atoms with Crippen molar-refractivity contribution >= 4 is 10.9 Å². The van der Waals surface area contributed by atoms with Crippen molar-refractivity contribution in [3.63, 3.8) is 0 Å². The Hall–Kier alpha value is -1.55. The van der Waals surface area contributed by atoms with Crippen molar-refractivity contribution in [2.45, 2.75) is 19.9 Å². The number of halogens is 1. The zero-order chi connectivity index (χ0) is 11.0. The molecule has 2 rings (SSSR count). The Morgan fingerprint density at radius 1 is 1.33 bits per heavy atom. The maximum Gasteiger partial charge on any atom is 0.149 e. The minimum atomic E-state index is -0.333. The third-order valence-corrected chi connectivity index (χ3v) is 2.25. The highest BCUT2D eigenvalue weighted by Crippen LogP contribution is 2.21.